The molecule has 0 aliphatic carbocycles. The first-order chi connectivity index (χ1) is 12.6. The number of fused-ring (bicyclic) bond motifs is 2. The molecular formula is C20H16FN3OS. The van der Waals surface area contributed by atoms with Gasteiger partial charge in [-0.05, 0) is 23.6 Å². The minimum absolute atomic E-state index is 0.130. The Hall–Kier alpha value is -2.99. The molecule has 4 aromatic rings. The van der Waals surface area contributed by atoms with Crippen molar-refractivity contribution < 1.29 is 9.18 Å². The number of para-hydroxylation sites is 1. The summed E-state index contributed by atoms with van der Waals surface area (Å²) in [6.07, 6.45) is 0. The fourth-order valence-corrected chi connectivity index (χ4v) is 3.81. The summed E-state index contributed by atoms with van der Waals surface area (Å²) in [5, 5.41) is 5.63. The van der Waals surface area contributed by atoms with Crippen LogP contribution in [-0.2, 0) is 4.79 Å². The van der Waals surface area contributed by atoms with E-state index in [9.17, 15) is 9.18 Å². The number of nitrogens with zero attached hydrogens (tertiary/aromatic N) is 2. The highest BCUT2D eigenvalue weighted by Gasteiger charge is 2.14. The zero-order valence-electron chi connectivity index (χ0n) is 14.1. The van der Waals surface area contributed by atoms with Crippen LogP contribution in [0, 0.1) is 5.82 Å². The molecule has 1 aromatic heterocycles. The first kappa shape index (κ1) is 16.5. The number of halogens is 1. The van der Waals surface area contributed by atoms with Gasteiger partial charge in [-0.25, -0.2) is 9.37 Å². The number of carbonyl (C=O) groups is 1. The Morgan fingerprint density at radius 1 is 1.12 bits per heavy atom. The largest absolute Gasteiger partial charge is 0.342 e. The Bertz CT molecular complexity index is 1100. The van der Waals surface area contributed by atoms with Crippen LogP contribution < -0.4 is 10.2 Å². The molecule has 4 rings (SSSR count). The lowest BCUT2D eigenvalue weighted by Gasteiger charge is -2.16. The molecule has 0 aliphatic heterocycles. The molecule has 0 radical (unpaired) electrons. The van der Waals surface area contributed by atoms with E-state index in [1.165, 1.54) is 17.4 Å². The van der Waals surface area contributed by atoms with Crippen LogP contribution >= 0.6 is 11.3 Å². The van der Waals surface area contributed by atoms with Crippen molar-refractivity contribution in [3.05, 3.63) is 66.5 Å². The number of hydrogen-bond acceptors (Lipinski definition) is 4. The summed E-state index contributed by atoms with van der Waals surface area (Å²) in [5.41, 5.74) is 1.12. The van der Waals surface area contributed by atoms with Gasteiger partial charge in [0.2, 0.25) is 5.91 Å². The van der Waals surface area contributed by atoms with Crippen molar-refractivity contribution in [3.63, 3.8) is 0 Å². The Labute approximate surface area is 153 Å². The van der Waals surface area contributed by atoms with E-state index in [1.807, 2.05) is 48.5 Å². The van der Waals surface area contributed by atoms with Crippen LogP contribution in [-0.4, -0.2) is 24.5 Å². The number of rotatable bonds is 4. The molecule has 1 amide bonds. The van der Waals surface area contributed by atoms with E-state index in [1.54, 1.807) is 18.0 Å². The van der Waals surface area contributed by atoms with Gasteiger partial charge < -0.3 is 10.2 Å². The highest BCUT2D eigenvalue weighted by molar-refractivity contribution is 7.22. The summed E-state index contributed by atoms with van der Waals surface area (Å²) < 4.78 is 14.6. The molecule has 1 heterocycles. The van der Waals surface area contributed by atoms with Gasteiger partial charge in [0.25, 0.3) is 0 Å². The molecular weight excluding hydrogens is 349 g/mol. The van der Waals surface area contributed by atoms with E-state index in [-0.39, 0.29) is 18.3 Å². The SMILES string of the molecule is CN(CC(=O)Nc1cccc2ccccc12)c1nc2c(F)cccc2s1. The summed E-state index contributed by atoms with van der Waals surface area (Å²) in [4.78, 5) is 18.5. The van der Waals surface area contributed by atoms with Crippen LogP contribution in [0.3, 0.4) is 0 Å². The molecule has 3 aromatic carbocycles. The van der Waals surface area contributed by atoms with Gasteiger partial charge in [-0.3, -0.25) is 4.79 Å². The molecule has 26 heavy (non-hydrogen) atoms. The number of amides is 1. The average Bonchev–Trinajstić information content (AvgIpc) is 3.08. The molecule has 4 nitrogen and oxygen atoms in total. The molecule has 0 atom stereocenters. The third-order valence-electron chi connectivity index (χ3n) is 4.13. The minimum Gasteiger partial charge on any atom is -0.342 e. The number of carbonyl (C=O) groups excluding carboxylic acids is 1. The third-order valence-corrected chi connectivity index (χ3v) is 5.26. The zero-order chi connectivity index (χ0) is 18.1. The van der Waals surface area contributed by atoms with Crippen molar-refractivity contribution in [3.8, 4) is 0 Å². The molecule has 0 bridgehead atoms. The van der Waals surface area contributed by atoms with Crippen molar-refractivity contribution in [2.24, 2.45) is 0 Å². The molecule has 6 heteroatoms. The van der Waals surface area contributed by atoms with Gasteiger partial charge in [0, 0.05) is 18.1 Å². The maximum Gasteiger partial charge on any atom is 0.243 e. The standard InChI is InChI=1S/C20H16FN3OS/c1-24(20-23-19-15(21)9-5-11-17(19)26-20)12-18(25)22-16-10-4-7-13-6-2-3-8-14(13)16/h2-11H,12H2,1H3,(H,22,25). The van der Waals surface area contributed by atoms with Crippen LogP contribution in [0.4, 0.5) is 15.2 Å². The first-order valence-electron chi connectivity index (χ1n) is 8.15. The monoisotopic (exact) mass is 365 g/mol. The quantitative estimate of drug-likeness (QED) is 0.572. The van der Waals surface area contributed by atoms with Crippen molar-refractivity contribution in [2.75, 3.05) is 23.8 Å². The lowest BCUT2D eigenvalue weighted by Crippen LogP contribution is -2.30. The summed E-state index contributed by atoms with van der Waals surface area (Å²) in [7, 11) is 1.78. The van der Waals surface area contributed by atoms with Crippen LogP contribution in [0.25, 0.3) is 21.0 Å². The van der Waals surface area contributed by atoms with Gasteiger partial charge in [0.05, 0.1) is 11.2 Å². The number of nitrogens with one attached hydrogen (secondary N) is 1. The number of anilines is 2. The maximum absolute atomic E-state index is 13.8. The smallest absolute Gasteiger partial charge is 0.243 e. The van der Waals surface area contributed by atoms with Crippen LogP contribution in [0.2, 0.25) is 0 Å². The van der Waals surface area contributed by atoms with Gasteiger partial charge in [-0.1, -0.05) is 53.8 Å². The van der Waals surface area contributed by atoms with Crippen molar-refractivity contribution in [1.29, 1.82) is 0 Å². The van der Waals surface area contributed by atoms with Gasteiger partial charge in [-0.2, -0.15) is 0 Å². The van der Waals surface area contributed by atoms with Gasteiger partial charge in [0.15, 0.2) is 5.13 Å². The molecule has 0 fully saturated rings. The number of benzene rings is 3. The van der Waals surface area contributed by atoms with Gasteiger partial charge >= 0.3 is 0 Å². The summed E-state index contributed by atoms with van der Waals surface area (Å²) in [6.45, 7) is 0.130. The topological polar surface area (TPSA) is 45.2 Å². The second kappa shape index (κ2) is 6.72. The lowest BCUT2D eigenvalue weighted by molar-refractivity contribution is -0.114. The molecule has 0 aliphatic rings. The molecule has 0 saturated carbocycles. The van der Waals surface area contributed by atoms with E-state index in [0.717, 1.165) is 21.2 Å². The molecule has 0 saturated heterocycles. The Balaban J connectivity index is 1.52. The number of aromatic nitrogens is 1. The Kier molecular flexibility index (Phi) is 4.26. The minimum atomic E-state index is -0.349. The third kappa shape index (κ3) is 3.11. The fraction of sp³-hybridized carbons (Fsp3) is 0.100. The van der Waals surface area contributed by atoms with Crippen LogP contribution in [0.15, 0.2) is 60.7 Å². The molecule has 1 N–H and O–H groups in total. The Morgan fingerprint density at radius 3 is 2.73 bits per heavy atom. The highest BCUT2D eigenvalue weighted by Crippen LogP contribution is 2.29. The van der Waals surface area contributed by atoms with Crippen molar-refractivity contribution in [2.45, 2.75) is 0 Å². The predicted molar refractivity (Wildman–Crippen MR) is 105 cm³/mol. The van der Waals surface area contributed by atoms with Crippen molar-refractivity contribution >= 4 is 49.1 Å². The summed E-state index contributed by atoms with van der Waals surface area (Å²) >= 11 is 1.37. The van der Waals surface area contributed by atoms with Gasteiger partial charge in [-0.15, -0.1) is 0 Å². The molecule has 0 spiro atoms. The van der Waals surface area contributed by atoms with E-state index in [4.69, 9.17) is 0 Å². The summed E-state index contributed by atoms with van der Waals surface area (Å²) in [5.74, 6) is -0.498. The van der Waals surface area contributed by atoms with Crippen LogP contribution in [0.1, 0.15) is 0 Å². The first-order valence-corrected chi connectivity index (χ1v) is 8.97. The number of hydrogen-bond donors (Lipinski definition) is 1. The lowest BCUT2D eigenvalue weighted by atomic mass is 10.1. The van der Waals surface area contributed by atoms with Crippen LogP contribution in [0.5, 0.6) is 0 Å². The number of thiazole rings is 1. The fourth-order valence-electron chi connectivity index (χ4n) is 2.87. The predicted octanol–water partition coefficient (Wildman–Crippen LogP) is 4.66. The molecule has 130 valence electrons. The van der Waals surface area contributed by atoms with E-state index in [2.05, 4.69) is 10.3 Å². The van der Waals surface area contributed by atoms with Gasteiger partial charge in [0.1, 0.15) is 11.3 Å². The van der Waals surface area contributed by atoms with E-state index < -0.39 is 0 Å². The second-order valence-corrected chi connectivity index (χ2v) is 7.02. The normalized spacial score (nSPS) is 11.0. The summed E-state index contributed by atoms with van der Waals surface area (Å²) in [6, 6.07) is 18.6. The average molecular weight is 365 g/mol. The van der Waals surface area contributed by atoms with E-state index in [0.29, 0.717) is 10.6 Å². The Morgan fingerprint density at radius 2 is 1.88 bits per heavy atom. The molecule has 0 unspecified atom stereocenters. The van der Waals surface area contributed by atoms with E-state index >= 15 is 0 Å². The number of likely N-dealkylation sites (N-methyl/N-ethyl adjacent to an activating group) is 1. The zero-order valence-corrected chi connectivity index (χ0v) is 14.9. The highest BCUT2D eigenvalue weighted by atomic mass is 32.1. The second-order valence-electron chi connectivity index (χ2n) is 6.01. The van der Waals surface area contributed by atoms with Crippen molar-refractivity contribution in [1.82, 2.24) is 4.98 Å². The maximum atomic E-state index is 13.8.